The van der Waals surface area contributed by atoms with Gasteiger partial charge in [-0.1, -0.05) is 35.5 Å². The van der Waals surface area contributed by atoms with Crippen molar-refractivity contribution in [1.29, 1.82) is 0 Å². The van der Waals surface area contributed by atoms with E-state index in [1.807, 2.05) is 48.5 Å². The van der Waals surface area contributed by atoms with Crippen molar-refractivity contribution < 1.29 is 14.1 Å². The maximum absolute atomic E-state index is 12.4. The lowest BCUT2D eigenvalue weighted by molar-refractivity contribution is 0.0957. The molecule has 152 valence electrons. The van der Waals surface area contributed by atoms with E-state index in [0.717, 1.165) is 29.0 Å². The van der Waals surface area contributed by atoms with Gasteiger partial charge >= 0.3 is 0 Å². The lowest BCUT2D eigenvalue weighted by Gasteiger charge is -2.03. The van der Waals surface area contributed by atoms with Gasteiger partial charge in [-0.2, -0.15) is 4.98 Å². The summed E-state index contributed by atoms with van der Waals surface area (Å²) in [5.41, 5.74) is 2.08. The lowest BCUT2D eigenvalue weighted by atomic mass is 10.1. The Kier molecular flexibility index (Phi) is 6.20. The number of aryl methyl sites for hydroxylation is 1. The molecule has 0 radical (unpaired) electrons. The van der Waals surface area contributed by atoms with Crippen molar-refractivity contribution in [3.63, 3.8) is 0 Å². The second-order valence-corrected chi connectivity index (χ2v) is 7.74. The molecular weight excluding hydrogens is 398 g/mol. The van der Waals surface area contributed by atoms with Crippen LogP contribution in [0.1, 0.15) is 21.7 Å². The molecule has 6 nitrogen and oxygen atoms in total. The number of rotatable bonds is 8. The minimum absolute atomic E-state index is 0.0850. The third kappa shape index (κ3) is 4.75. The molecule has 0 aliphatic heterocycles. The van der Waals surface area contributed by atoms with E-state index in [-0.39, 0.29) is 5.91 Å². The van der Waals surface area contributed by atoms with Crippen LogP contribution in [0.5, 0.6) is 5.75 Å². The Morgan fingerprint density at radius 3 is 2.63 bits per heavy atom. The maximum atomic E-state index is 12.4. The van der Waals surface area contributed by atoms with E-state index in [1.54, 1.807) is 13.2 Å². The first kappa shape index (κ1) is 19.8. The number of ether oxygens (including phenoxy) is 1. The van der Waals surface area contributed by atoms with Gasteiger partial charge in [0.15, 0.2) is 0 Å². The van der Waals surface area contributed by atoms with Crippen LogP contribution >= 0.6 is 11.3 Å². The zero-order chi connectivity index (χ0) is 20.8. The van der Waals surface area contributed by atoms with E-state index in [0.29, 0.717) is 23.1 Å². The van der Waals surface area contributed by atoms with Crippen molar-refractivity contribution in [3.8, 4) is 27.9 Å². The van der Waals surface area contributed by atoms with Crippen molar-refractivity contribution in [2.45, 2.75) is 12.8 Å². The first-order valence-corrected chi connectivity index (χ1v) is 10.4. The molecule has 0 fully saturated rings. The van der Waals surface area contributed by atoms with Crippen LogP contribution in [-0.4, -0.2) is 29.7 Å². The largest absolute Gasteiger partial charge is 0.497 e. The van der Waals surface area contributed by atoms with Crippen LogP contribution in [0, 0.1) is 0 Å². The van der Waals surface area contributed by atoms with Crippen molar-refractivity contribution >= 4 is 17.2 Å². The van der Waals surface area contributed by atoms with Gasteiger partial charge in [0.2, 0.25) is 5.82 Å². The molecule has 0 bridgehead atoms. The fraction of sp³-hybridized carbons (Fsp3) is 0.174. The Morgan fingerprint density at radius 2 is 1.87 bits per heavy atom. The number of thiophene rings is 1. The van der Waals surface area contributed by atoms with Gasteiger partial charge in [-0.15, -0.1) is 11.3 Å². The molecule has 0 spiro atoms. The number of carbonyl (C=O) groups excluding carboxylic acids is 1. The highest BCUT2D eigenvalue weighted by Crippen LogP contribution is 2.28. The van der Waals surface area contributed by atoms with Crippen molar-refractivity contribution in [2.24, 2.45) is 0 Å². The number of hydrogen-bond donors (Lipinski definition) is 1. The summed E-state index contributed by atoms with van der Waals surface area (Å²) in [6.07, 6.45) is 1.83. The zero-order valence-corrected chi connectivity index (χ0v) is 17.3. The van der Waals surface area contributed by atoms with E-state index < -0.39 is 0 Å². The summed E-state index contributed by atoms with van der Waals surface area (Å²) in [5.74, 6) is 1.57. The van der Waals surface area contributed by atoms with Crippen LogP contribution in [0.15, 0.2) is 71.3 Å². The quantitative estimate of drug-likeness (QED) is 0.414. The van der Waals surface area contributed by atoms with Crippen LogP contribution in [0.4, 0.5) is 0 Å². The minimum atomic E-state index is -0.0850. The summed E-state index contributed by atoms with van der Waals surface area (Å²) in [5, 5.41) is 7.02. The standard InChI is InChI=1S/C23H21N3O3S/c1-28-18-11-9-17(10-12-18)23-25-21(26-29-23)19-13-14-20(30-19)22(27)24-15-5-8-16-6-3-2-4-7-16/h2-4,6-7,9-14H,5,8,15H2,1H3,(H,24,27). The Bertz CT molecular complexity index is 1100. The molecule has 0 aliphatic carbocycles. The second-order valence-electron chi connectivity index (χ2n) is 6.66. The van der Waals surface area contributed by atoms with Crippen molar-refractivity contribution in [2.75, 3.05) is 13.7 Å². The molecule has 30 heavy (non-hydrogen) atoms. The van der Waals surface area contributed by atoms with Gasteiger partial charge in [-0.3, -0.25) is 4.79 Å². The molecule has 4 aromatic rings. The first-order valence-electron chi connectivity index (χ1n) is 9.63. The van der Waals surface area contributed by atoms with E-state index in [2.05, 4.69) is 27.6 Å². The molecule has 1 amide bonds. The van der Waals surface area contributed by atoms with Gasteiger partial charge in [0.25, 0.3) is 11.8 Å². The molecule has 2 aromatic carbocycles. The summed E-state index contributed by atoms with van der Waals surface area (Å²) < 4.78 is 10.5. The Hall–Kier alpha value is -3.45. The van der Waals surface area contributed by atoms with E-state index >= 15 is 0 Å². The molecule has 7 heteroatoms. The van der Waals surface area contributed by atoms with Gasteiger partial charge in [-0.05, 0) is 54.8 Å². The highest BCUT2D eigenvalue weighted by Gasteiger charge is 2.15. The second kappa shape index (κ2) is 9.37. The van der Waals surface area contributed by atoms with Crippen LogP contribution in [-0.2, 0) is 6.42 Å². The third-order valence-corrected chi connectivity index (χ3v) is 5.66. The Balaban J connectivity index is 1.34. The van der Waals surface area contributed by atoms with Crippen LogP contribution in [0.25, 0.3) is 22.2 Å². The number of aromatic nitrogens is 2. The summed E-state index contributed by atoms with van der Waals surface area (Å²) >= 11 is 1.35. The van der Waals surface area contributed by atoms with E-state index in [4.69, 9.17) is 9.26 Å². The molecule has 4 rings (SSSR count). The van der Waals surface area contributed by atoms with Gasteiger partial charge < -0.3 is 14.6 Å². The van der Waals surface area contributed by atoms with Crippen molar-refractivity contribution in [3.05, 3.63) is 77.2 Å². The number of benzene rings is 2. The summed E-state index contributed by atoms with van der Waals surface area (Å²) in [7, 11) is 1.62. The molecule has 2 heterocycles. The van der Waals surface area contributed by atoms with Gasteiger partial charge in [0, 0.05) is 12.1 Å². The fourth-order valence-electron chi connectivity index (χ4n) is 2.98. The molecule has 0 atom stereocenters. The molecule has 2 aromatic heterocycles. The number of carbonyl (C=O) groups is 1. The maximum Gasteiger partial charge on any atom is 0.261 e. The average molecular weight is 420 g/mol. The lowest BCUT2D eigenvalue weighted by Crippen LogP contribution is -2.23. The van der Waals surface area contributed by atoms with Crippen LogP contribution in [0.2, 0.25) is 0 Å². The third-order valence-electron chi connectivity index (χ3n) is 4.58. The predicted octanol–water partition coefficient (Wildman–Crippen LogP) is 4.84. The van der Waals surface area contributed by atoms with E-state index in [9.17, 15) is 4.79 Å². The molecule has 1 N–H and O–H groups in total. The van der Waals surface area contributed by atoms with Crippen LogP contribution in [0.3, 0.4) is 0 Å². The number of nitrogens with zero attached hydrogens (tertiary/aromatic N) is 2. The SMILES string of the molecule is COc1ccc(-c2nc(-c3ccc(C(=O)NCCCc4ccccc4)s3)no2)cc1. The summed E-state index contributed by atoms with van der Waals surface area (Å²) in [6, 6.07) is 21.3. The number of hydrogen-bond acceptors (Lipinski definition) is 6. The van der Waals surface area contributed by atoms with E-state index in [1.165, 1.54) is 16.9 Å². The zero-order valence-electron chi connectivity index (χ0n) is 16.5. The molecule has 0 unspecified atom stereocenters. The normalized spacial score (nSPS) is 10.7. The monoisotopic (exact) mass is 419 g/mol. The van der Waals surface area contributed by atoms with Gasteiger partial charge in [0.1, 0.15) is 5.75 Å². The highest BCUT2D eigenvalue weighted by molar-refractivity contribution is 7.17. The Labute approximate surface area is 178 Å². The van der Waals surface area contributed by atoms with Crippen molar-refractivity contribution in [1.82, 2.24) is 15.5 Å². The predicted molar refractivity (Wildman–Crippen MR) is 117 cm³/mol. The molecule has 0 saturated carbocycles. The highest BCUT2D eigenvalue weighted by atomic mass is 32.1. The fourth-order valence-corrected chi connectivity index (χ4v) is 3.83. The molecule has 0 saturated heterocycles. The molecular formula is C23H21N3O3S. The van der Waals surface area contributed by atoms with Gasteiger partial charge in [-0.25, -0.2) is 0 Å². The number of methoxy groups -OCH3 is 1. The average Bonchev–Trinajstić information content (AvgIpc) is 3.47. The minimum Gasteiger partial charge on any atom is -0.497 e. The Morgan fingerprint density at radius 1 is 1.07 bits per heavy atom. The number of nitrogens with one attached hydrogen (secondary N) is 1. The number of amides is 1. The summed E-state index contributed by atoms with van der Waals surface area (Å²) in [4.78, 5) is 18.3. The first-order chi connectivity index (χ1) is 14.7. The topological polar surface area (TPSA) is 77.2 Å². The van der Waals surface area contributed by atoms with Crippen LogP contribution < -0.4 is 10.1 Å². The summed E-state index contributed by atoms with van der Waals surface area (Å²) in [6.45, 7) is 0.630. The van der Waals surface area contributed by atoms with Gasteiger partial charge in [0.05, 0.1) is 16.9 Å². The smallest absolute Gasteiger partial charge is 0.261 e. The molecule has 0 aliphatic rings.